The van der Waals surface area contributed by atoms with Crippen molar-refractivity contribution in [2.75, 3.05) is 5.32 Å². The van der Waals surface area contributed by atoms with Crippen molar-refractivity contribution in [3.8, 4) is 17.6 Å². The number of nitro groups is 2. The standard InChI is InChI=1S/C23H13BrN4O8/c24-18-10-13(9-15(12-25)22(29)26-16-4-2-14(3-5-16)23(30)31)1-7-20(18)36-21-8-6-17(27(32)33)11-19(21)28(34)35/h1-11H,(H,26,29)(H,30,31)/b15-9+. The monoisotopic (exact) mass is 552 g/mol. The molecule has 0 unspecified atom stereocenters. The van der Waals surface area contributed by atoms with E-state index in [2.05, 4.69) is 21.2 Å². The van der Waals surface area contributed by atoms with Crippen LogP contribution in [-0.4, -0.2) is 26.8 Å². The molecule has 0 aliphatic rings. The van der Waals surface area contributed by atoms with Gasteiger partial charge in [0.05, 0.1) is 25.9 Å². The Balaban J connectivity index is 1.81. The lowest BCUT2D eigenvalue weighted by Gasteiger charge is -2.09. The number of anilines is 1. The topological polar surface area (TPSA) is 186 Å². The van der Waals surface area contributed by atoms with Crippen LogP contribution in [0.5, 0.6) is 11.5 Å². The second-order valence-corrected chi connectivity index (χ2v) is 7.82. The Morgan fingerprint density at radius 3 is 2.22 bits per heavy atom. The number of carboxylic acid groups (broad SMARTS) is 1. The predicted molar refractivity (Wildman–Crippen MR) is 130 cm³/mol. The van der Waals surface area contributed by atoms with Crippen LogP contribution in [0.15, 0.2) is 70.7 Å². The number of non-ortho nitro benzene ring substituents is 1. The minimum Gasteiger partial charge on any atom is -0.478 e. The Labute approximate surface area is 210 Å². The number of ether oxygens (including phenoxy) is 1. The van der Waals surface area contributed by atoms with Gasteiger partial charge in [-0.1, -0.05) is 6.07 Å². The van der Waals surface area contributed by atoms with E-state index in [4.69, 9.17) is 9.84 Å². The molecule has 0 saturated carbocycles. The van der Waals surface area contributed by atoms with Crippen LogP contribution in [0.3, 0.4) is 0 Å². The maximum absolute atomic E-state index is 12.5. The minimum atomic E-state index is -1.12. The first kappa shape index (κ1) is 25.5. The van der Waals surface area contributed by atoms with Crippen LogP contribution in [0.25, 0.3) is 6.08 Å². The Morgan fingerprint density at radius 2 is 1.67 bits per heavy atom. The van der Waals surface area contributed by atoms with E-state index in [0.29, 0.717) is 15.7 Å². The molecule has 0 bridgehead atoms. The number of amides is 1. The second kappa shape index (κ2) is 10.9. The summed E-state index contributed by atoms with van der Waals surface area (Å²) < 4.78 is 5.88. The molecule has 180 valence electrons. The first-order valence-electron chi connectivity index (χ1n) is 9.75. The van der Waals surface area contributed by atoms with Gasteiger partial charge in [0.2, 0.25) is 5.75 Å². The summed E-state index contributed by atoms with van der Waals surface area (Å²) in [5.41, 5.74) is -0.561. The second-order valence-electron chi connectivity index (χ2n) is 6.96. The van der Waals surface area contributed by atoms with Crippen LogP contribution < -0.4 is 10.1 Å². The number of hydrogen-bond donors (Lipinski definition) is 2. The molecule has 2 N–H and O–H groups in total. The lowest BCUT2D eigenvalue weighted by Crippen LogP contribution is -2.13. The average Bonchev–Trinajstić information content (AvgIpc) is 2.84. The molecule has 3 aromatic rings. The molecule has 0 heterocycles. The summed E-state index contributed by atoms with van der Waals surface area (Å²) in [4.78, 5) is 44.0. The number of nitro benzene ring substituents is 2. The summed E-state index contributed by atoms with van der Waals surface area (Å²) in [5, 5.41) is 43.0. The maximum atomic E-state index is 12.5. The van der Waals surface area contributed by atoms with Crippen molar-refractivity contribution in [3.63, 3.8) is 0 Å². The molecular formula is C23H13BrN4O8. The Kier molecular flexibility index (Phi) is 7.72. The van der Waals surface area contributed by atoms with Gasteiger partial charge < -0.3 is 15.2 Å². The third kappa shape index (κ3) is 6.07. The highest BCUT2D eigenvalue weighted by molar-refractivity contribution is 9.10. The number of benzene rings is 3. The highest BCUT2D eigenvalue weighted by atomic mass is 79.9. The Morgan fingerprint density at radius 1 is 1.00 bits per heavy atom. The van der Waals surface area contributed by atoms with Crippen LogP contribution >= 0.6 is 15.9 Å². The van der Waals surface area contributed by atoms with Gasteiger partial charge in [-0.2, -0.15) is 5.26 Å². The summed E-state index contributed by atoms with van der Waals surface area (Å²) in [6, 6.07) is 14.5. The average molecular weight is 553 g/mol. The summed E-state index contributed by atoms with van der Waals surface area (Å²) in [6.07, 6.45) is 1.30. The molecular weight excluding hydrogens is 540 g/mol. The van der Waals surface area contributed by atoms with E-state index in [1.807, 2.05) is 0 Å². The molecule has 0 radical (unpaired) electrons. The summed E-state index contributed by atoms with van der Waals surface area (Å²) in [7, 11) is 0. The number of halogens is 1. The zero-order chi connectivity index (χ0) is 26.4. The zero-order valence-electron chi connectivity index (χ0n) is 17.9. The van der Waals surface area contributed by atoms with Gasteiger partial charge in [-0.25, -0.2) is 4.79 Å². The van der Waals surface area contributed by atoms with Crippen molar-refractivity contribution < 1.29 is 29.3 Å². The SMILES string of the molecule is N#C/C(=C\c1ccc(Oc2ccc([N+](=O)[O-])cc2[N+](=O)[O-])c(Br)c1)C(=O)Nc1ccc(C(=O)O)cc1. The number of nitrogens with zero attached hydrogens (tertiary/aromatic N) is 3. The number of carboxylic acids is 1. The highest BCUT2D eigenvalue weighted by Gasteiger charge is 2.22. The third-order valence-corrected chi connectivity index (χ3v) is 5.21. The summed E-state index contributed by atoms with van der Waals surface area (Å²) in [5.74, 6) is -1.92. The van der Waals surface area contributed by atoms with Crippen molar-refractivity contribution in [3.05, 3.63) is 102 Å². The van der Waals surface area contributed by atoms with Crippen molar-refractivity contribution in [1.29, 1.82) is 5.26 Å². The number of carbonyl (C=O) groups is 2. The number of hydrogen-bond acceptors (Lipinski definition) is 8. The summed E-state index contributed by atoms with van der Waals surface area (Å²) in [6.45, 7) is 0. The fraction of sp³-hybridized carbons (Fsp3) is 0. The third-order valence-electron chi connectivity index (χ3n) is 4.59. The van der Waals surface area contributed by atoms with Gasteiger partial charge in [-0.15, -0.1) is 0 Å². The van der Waals surface area contributed by atoms with Crippen LogP contribution in [0, 0.1) is 31.6 Å². The van der Waals surface area contributed by atoms with Gasteiger partial charge >= 0.3 is 11.7 Å². The molecule has 13 heteroatoms. The molecule has 0 aliphatic heterocycles. The van der Waals surface area contributed by atoms with Crippen molar-refractivity contribution in [2.45, 2.75) is 0 Å². The molecule has 0 atom stereocenters. The molecule has 0 aromatic heterocycles. The quantitative estimate of drug-likeness (QED) is 0.162. The molecule has 3 aromatic carbocycles. The van der Waals surface area contributed by atoms with Crippen LogP contribution in [-0.2, 0) is 4.79 Å². The lowest BCUT2D eigenvalue weighted by atomic mass is 10.1. The number of carbonyl (C=O) groups excluding carboxylic acids is 1. The maximum Gasteiger partial charge on any atom is 0.335 e. The largest absolute Gasteiger partial charge is 0.478 e. The van der Waals surface area contributed by atoms with E-state index < -0.39 is 33.1 Å². The number of nitrogens with one attached hydrogen (secondary N) is 1. The van der Waals surface area contributed by atoms with Crippen molar-refractivity contribution in [1.82, 2.24) is 0 Å². The van der Waals surface area contributed by atoms with E-state index >= 15 is 0 Å². The molecule has 36 heavy (non-hydrogen) atoms. The van der Waals surface area contributed by atoms with Crippen LogP contribution in [0.4, 0.5) is 17.1 Å². The van der Waals surface area contributed by atoms with Gasteiger partial charge in [-0.3, -0.25) is 25.0 Å². The number of aromatic carboxylic acids is 1. The van der Waals surface area contributed by atoms with Gasteiger partial charge in [0.25, 0.3) is 11.6 Å². The molecule has 3 rings (SSSR count). The Hall–Kier alpha value is -5.09. The first-order valence-corrected chi connectivity index (χ1v) is 10.5. The highest BCUT2D eigenvalue weighted by Crippen LogP contribution is 2.37. The van der Waals surface area contributed by atoms with Crippen molar-refractivity contribution >= 4 is 50.9 Å². The van der Waals surface area contributed by atoms with E-state index in [1.54, 1.807) is 6.07 Å². The van der Waals surface area contributed by atoms with Gasteiger partial charge in [0, 0.05) is 11.8 Å². The fourth-order valence-corrected chi connectivity index (χ4v) is 3.34. The van der Waals surface area contributed by atoms with E-state index in [9.17, 15) is 35.1 Å². The normalized spacial score (nSPS) is 10.7. The molecule has 0 fully saturated rings. The molecule has 1 amide bonds. The lowest BCUT2D eigenvalue weighted by molar-refractivity contribution is -0.394. The molecule has 12 nitrogen and oxygen atoms in total. The van der Waals surface area contributed by atoms with Gasteiger partial charge in [0.15, 0.2) is 0 Å². The number of nitriles is 1. The first-order chi connectivity index (χ1) is 17.1. The number of rotatable bonds is 8. The van der Waals surface area contributed by atoms with E-state index in [0.717, 1.165) is 18.2 Å². The van der Waals surface area contributed by atoms with Gasteiger partial charge in [-0.05, 0) is 70.0 Å². The predicted octanol–water partition coefficient (Wildman–Crippen LogP) is 5.30. The minimum absolute atomic E-state index is 0.0373. The molecule has 0 saturated heterocycles. The molecule has 0 spiro atoms. The van der Waals surface area contributed by atoms with Crippen LogP contribution in [0.1, 0.15) is 15.9 Å². The van der Waals surface area contributed by atoms with Crippen LogP contribution in [0.2, 0.25) is 0 Å². The molecule has 0 aliphatic carbocycles. The van der Waals surface area contributed by atoms with Crippen molar-refractivity contribution in [2.24, 2.45) is 0 Å². The van der Waals surface area contributed by atoms with E-state index in [1.165, 1.54) is 48.5 Å². The smallest absolute Gasteiger partial charge is 0.335 e. The fourth-order valence-electron chi connectivity index (χ4n) is 2.87. The van der Waals surface area contributed by atoms with E-state index in [-0.39, 0.29) is 22.6 Å². The van der Waals surface area contributed by atoms with Gasteiger partial charge in [0.1, 0.15) is 17.4 Å². The summed E-state index contributed by atoms with van der Waals surface area (Å²) >= 11 is 3.26. The Bertz CT molecular complexity index is 1460. The zero-order valence-corrected chi connectivity index (χ0v) is 19.5.